The number of hydrogen-bond acceptors (Lipinski definition) is 2. The molecule has 19 heavy (non-hydrogen) atoms. The number of para-hydroxylation sites is 2. The molecule has 1 aliphatic heterocycles. The molecule has 0 bridgehead atoms. The van der Waals surface area contributed by atoms with E-state index in [0.717, 1.165) is 29.9 Å². The number of carbonyl (C=O) groups excluding carboxylic acids is 1. The Morgan fingerprint density at radius 1 is 1.11 bits per heavy atom. The van der Waals surface area contributed by atoms with E-state index in [1.165, 1.54) is 5.56 Å². The predicted octanol–water partition coefficient (Wildman–Crippen LogP) is 2.93. The molecule has 1 aliphatic rings. The summed E-state index contributed by atoms with van der Waals surface area (Å²) in [4.78, 5) is 14.5. The lowest BCUT2D eigenvalue weighted by Gasteiger charge is -2.19. The molecule has 1 amide bonds. The zero-order chi connectivity index (χ0) is 13.2. The zero-order valence-electron chi connectivity index (χ0n) is 10.9. The van der Waals surface area contributed by atoms with Crippen LogP contribution in [0.4, 0.5) is 11.4 Å². The summed E-state index contributed by atoms with van der Waals surface area (Å²) in [6.07, 6.45) is 0.934. The summed E-state index contributed by atoms with van der Waals surface area (Å²) in [6, 6.07) is 15.7. The first-order chi connectivity index (χ1) is 9.31. The molecule has 0 saturated heterocycles. The van der Waals surface area contributed by atoms with Crippen molar-refractivity contribution >= 4 is 17.3 Å². The molecule has 1 heterocycles. The molecular formula is C16H16N2O. The lowest BCUT2D eigenvalue weighted by atomic mass is 10.1. The molecular weight excluding hydrogens is 236 g/mol. The number of rotatable bonds is 2. The Balaban J connectivity index is 1.98. The van der Waals surface area contributed by atoms with Gasteiger partial charge in [0.15, 0.2) is 0 Å². The Morgan fingerprint density at radius 3 is 2.68 bits per heavy atom. The minimum absolute atomic E-state index is 0.0647. The van der Waals surface area contributed by atoms with Crippen molar-refractivity contribution in [1.29, 1.82) is 0 Å². The summed E-state index contributed by atoms with van der Waals surface area (Å²) in [7, 11) is 1.84. The number of fused-ring (bicyclic) bond motifs is 1. The number of amides is 1. The van der Waals surface area contributed by atoms with E-state index in [-0.39, 0.29) is 5.91 Å². The number of benzene rings is 2. The van der Waals surface area contributed by atoms with Gasteiger partial charge >= 0.3 is 0 Å². The molecule has 2 aromatic carbocycles. The molecule has 2 aromatic rings. The second kappa shape index (κ2) is 4.76. The highest BCUT2D eigenvalue weighted by Gasteiger charge is 2.26. The van der Waals surface area contributed by atoms with Crippen LogP contribution in [-0.4, -0.2) is 19.5 Å². The highest BCUT2D eigenvalue weighted by molar-refractivity contribution is 6.10. The van der Waals surface area contributed by atoms with Crippen LogP contribution in [0, 0.1) is 0 Å². The maximum absolute atomic E-state index is 12.7. The van der Waals surface area contributed by atoms with Crippen molar-refractivity contribution in [3.05, 3.63) is 59.7 Å². The van der Waals surface area contributed by atoms with E-state index >= 15 is 0 Å². The van der Waals surface area contributed by atoms with Crippen molar-refractivity contribution in [2.24, 2.45) is 0 Å². The maximum Gasteiger partial charge on any atom is 0.260 e. The smallest absolute Gasteiger partial charge is 0.260 e. The fourth-order valence-electron chi connectivity index (χ4n) is 2.58. The minimum Gasteiger partial charge on any atom is -0.387 e. The largest absolute Gasteiger partial charge is 0.387 e. The van der Waals surface area contributed by atoms with E-state index in [2.05, 4.69) is 11.4 Å². The molecule has 3 heteroatoms. The molecule has 3 rings (SSSR count). The number of nitrogens with one attached hydrogen (secondary N) is 1. The first-order valence-electron chi connectivity index (χ1n) is 6.48. The van der Waals surface area contributed by atoms with Crippen molar-refractivity contribution < 1.29 is 4.79 Å². The van der Waals surface area contributed by atoms with E-state index in [9.17, 15) is 4.79 Å². The molecule has 96 valence electrons. The molecule has 1 N–H and O–H groups in total. The van der Waals surface area contributed by atoms with Gasteiger partial charge in [-0.25, -0.2) is 0 Å². The summed E-state index contributed by atoms with van der Waals surface area (Å²) in [6.45, 7) is 0.760. The van der Waals surface area contributed by atoms with Crippen LogP contribution in [0.15, 0.2) is 48.5 Å². The second-order valence-electron chi connectivity index (χ2n) is 4.63. The standard InChI is InChI=1S/C16H16N2O/c1-17-14-8-4-3-7-13(14)16(19)18-11-10-12-6-2-5-9-15(12)18/h2-9,17H,10-11H2,1H3. The summed E-state index contributed by atoms with van der Waals surface area (Å²) < 4.78 is 0. The fraction of sp³-hybridized carbons (Fsp3) is 0.188. The molecule has 0 spiro atoms. The summed E-state index contributed by atoms with van der Waals surface area (Å²) in [5.74, 6) is 0.0647. The number of anilines is 2. The van der Waals surface area contributed by atoms with Crippen molar-refractivity contribution in [3.63, 3.8) is 0 Å². The molecule has 0 aliphatic carbocycles. The topological polar surface area (TPSA) is 32.3 Å². The van der Waals surface area contributed by atoms with E-state index < -0.39 is 0 Å². The van der Waals surface area contributed by atoms with Crippen LogP contribution in [0.25, 0.3) is 0 Å². The van der Waals surface area contributed by atoms with Gasteiger partial charge in [-0.3, -0.25) is 4.79 Å². The summed E-state index contributed by atoms with van der Waals surface area (Å²) >= 11 is 0. The highest BCUT2D eigenvalue weighted by Crippen LogP contribution is 2.30. The van der Waals surface area contributed by atoms with Crippen LogP contribution in [0.3, 0.4) is 0 Å². The lowest BCUT2D eigenvalue weighted by Crippen LogP contribution is -2.29. The Hall–Kier alpha value is -2.29. The minimum atomic E-state index is 0.0647. The summed E-state index contributed by atoms with van der Waals surface area (Å²) in [5, 5.41) is 3.08. The third-order valence-corrected chi connectivity index (χ3v) is 3.56. The third-order valence-electron chi connectivity index (χ3n) is 3.56. The SMILES string of the molecule is CNc1ccccc1C(=O)N1CCc2ccccc21. The Morgan fingerprint density at radius 2 is 1.84 bits per heavy atom. The van der Waals surface area contributed by atoms with Gasteiger partial charge in [0.2, 0.25) is 0 Å². The molecule has 0 saturated carbocycles. The normalized spacial score (nSPS) is 13.2. The van der Waals surface area contributed by atoms with Crippen molar-refractivity contribution in [1.82, 2.24) is 0 Å². The number of nitrogens with zero attached hydrogens (tertiary/aromatic N) is 1. The fourth-order valence-corrected chi connectivity index (χ4v) is 2.58. The van der Waals surface area contributed by atoms with Crippen LogP contribution >= 0.6 is 0 Å². The van der Waals surface area contributed by atoms with Gasteiger partial charge in [0.25, 0.3) is 5.91 Å². The predicted molar refractivity (Wildman–Crippen MR) is 77.8 cm³/mol. The van der Waals surface area contributed by atoms with E-state index in [0.29, 0.717) is 0 Å². The third kappa shape index (κ3) is 1.97. The summed E-state index contributed by atoms with van der Waals surface area (Å²) in [5.41, 5.74) is 3.88. The van der Waals surface area contributed by atoms with Crippen LogP contribution in [-0.2, 0) is 6.42 Å². The van der Waals surface area contributed by atoms with Crippen LogP contribution in [0.1, 0.15) is 15.9 Å². The molecule has 0 aromatic heterocycles. The van der Waals surface area contributed by atoms with Crippen LogP contribution in [0.2, 0.25) is 0 Å². The first-order valence-corrected chi connectivity index (χ1v) is 6.48. The average Bonchev–Trinajstić information content (AvgIpc) is 2.90. The maximum atomic E-state index is 12.7. The van der Waals surface area contributed by atoms with E-state index in [1.807, 2.05) is 54.4 Å². The Kier molecular flexibility index (Phi) is 2.95. The monoisotopic (exact) mass is 252 g/mol. The van der Waals surface area contributed by atoms with E-state index in [4.69, 9.17) is 0 Å². The first kappa shape index (κ1) is 11.8. The Labute approximate surface area is 112 Å². The van der Waals surface area contributed by atoms with Crippen molar-refractivity contribution in [3.8, 4) is 0 Å². The van der Waals surface area contributed by atoms with Gasteiger partial charge in [-0.2, -0.15) is 0 Å². The van der Waals surface area contributed by atoms with Gasteiger partial charge in [-0.15, -0.1) is 0 Å². The number of hydrogen-bond donors (Lipinski definition) is 1. The van der Waals surface area contributed by atoms with Crippen LogP contribution in [0.5, 0.6) is 0 Å². The van der Waals surface area contributed by atoms with Gasteiger partial charge in [0.1, 0.15) is 0 Å². The van der Waals surface area contributed by atoms with Gasteiger partial charge < -0.3 is 10.2 Å². The molecule has 0 radical (unpaired) electrons. The van der Waals surface area contributed by atoms with Crippen LogP contribution < -0.4 is 10.2 Å². The molecule has 0 unspecified atom stereocenters. The quantitative estimate of drug-likeness (QED) is 0.891. The number of carbonyl (C=O) groups is 1. The molecule has 0 atom stereocenters. The van der Waals surface area contributed by atoms with Crippen molar-refractivity contribution in [2.75, 3.05) is 23.8 Å². The molecule has 3 nitrogen and oxygen atoms in total. The van der Waals surface area contributed by atoms with Crippen molar-refractivity contribution in [2.45, 2.75) is 6.42 Å². The second-order valence-corrected chi connectivity index (χ2v) is 4.63. The molecule has 0 fully saturated rings. The van der Waals surface area contributed by atoms with Gasteiger partial charge in [0.05, 0.1) is 5.56 Å². The Bertz CT molecular complexity index is 622. The van der Waals surface area contributed by atoms with Gasteiger partial charge in [-0.1, -0.05) is 30.3 Å². The van der Waals surface area contributed by atoms with Gasteiger partial charge in [-0.05, 0) is 30.2 Å². The lowest BCUT2D eigenvalue weighted by molar-refractivity contribution is 0.0990. The average molecular weight is 252 g/mol. The van der Waals surface area contributed by atoms with E-state index in [1.54, 1.807) is 0 Å². The zero-order valence-corrected chi connectivity index (χ0v) is 10.9. The highest BCUT2D eigenvalue weighted by atomic mass is 16.2. The van der Waals surface area contributed by atoms with Gasteiger partial charge in [0, 0.05) is 25.0 Å².